The Balaban J connectivity index is 3.33. The van der Waals surface area contributed by atoms with Crippen LogP contribution in [-0.2, 0) is 0 Å². The van der Waals surface area contributed by atoms with Crippen LogP contribution in [0.3, 0.4) is 0 Å². The summed E-state index contributed by atoms with van der Waals surface area (Å²) >= 11 is 7.51. The van der Waals surface area contributed by atoms with Crippen LogP contribution >= 0.6 is 34.2 Å². The van der Waals surface area contributed by atoms with Crippen molar-refractivity contribution in [2.75, 3.05) is 0 Å². The van der Waals surface area contributed by atoms with E-state index < -0.39 is 11.7 Å². The highest BCUT2D eigenvalue weighted by atomic mass is 127. The molecule has 0 aliphatic carbocycles. The molecule has 0 radical (unpaired) electrons. The van der Waals surface area contributed by atoms with Crippen molar-refractivity contribution in [3.63, 3.8) is 0 Å². The minimum absolute atomic E-state index is 0.180. The summed E-state index contributed by atoms with van der Waals surface area (Å²) in [5, 5.41) is 0.325. The Kier molecular flexibility index (Phi) is 2.89. The van der Waals surface area contributed by atoms with Crippen molar-refractivity contribution in [2.45, 2.75) is 0 Å². The lowest BCUT2D eigenvalue weighted by molar-refractivity contribution is 0.0996. The molecular formula is C7H4ClFINO. The highest BCUT2D eigenvalue weighted by Crippen LogP contribution is 2.21. The Hall–Kier alpha value is -0.360. The third-order valence-electron chi connectivity index (χ3n) is 1.28. The van der Waals surface area contributed by atoms with Gasteiger partial charge in [-0.05, 0) is 34.7 Å². The number of rotatable bonds is 1. The second-order valence-electron chi connectivity index (χ2n) is 2.11. The van der Waals surface area contributed by atoms with Crippen molar-refractivity contribution >= 4 is 40.1 Å². The monoisotopic (exact) mass is 299 g/mol. The molecule has 12 heavy (non-hydrogen) atoms. The van der Waals surface area contributed by atoms with Crippen molar-refractivity contribution in [1.29, 1.82) is 0 Å². The number of hydrogen-bond acceptors (Lipinski definition) is 1. The minimum atomic E-state index is -0.814. The van der Waals surface area contributed by atoms with Gasteiger partial charge in [0.1, 0.15) is 5.82 Å². The lowest BCUT2D eigenvalue weighted by Crippen LogP contribution is -2.13. The number of hydrogen-bond donors (Lipinski definition) is 1. The Bertz CT molecular complexity index is 342. The van der Waals surface area contributed by atoms with E-state index in [1.54, 1.807) is 0 Å². The number of nitrogens with two attached hydrogens (primary N) is 1. The lowest BCUT2D eigenvalue weighted by atomic mass is 10.2. The van der Waals surface area contributed by atoms with Gasteiger partial charge in [0, 0.05) is 3.57 Å². The van der Waals surface area contributed by atoms with Gasteiger partial charge in [-0.15, -0.1) is 0 Å². The highest BCUT2D eigenvalue weighted by molar-refractivity contribution is 14.1. The van der Waals surface area contributed by atoms with Crippen molar-refractivity contribution in [3.8, 4) is 0 Å². The van der Waals surface area contributed by atoms with Gasteiger partial charge in [0.2, 0.25) is 0 Å². The van der Waals surface area contributed by atoms with E-state index in [1.807, 2.05) is 22.6 Å². The van der Waals surface area contributed by atoms with Crippen LogP contribution in [0.4, 0.5) is 4.39 Å². The quantitative estimate of drug-likeness (QED) is 0.627. The molecule has 0 saturated heterocycles. The SMILES string of the molecule is NC(=O)c1cc(Cl)c(I)cc1F. The first-order chi connectivity index (χ1) is 5.52. The molecule has 0 atom stereocenters. The van der Waals surface area contributed by atoms with Gasteiger partial charge < -0.3 is 5.73 Å². The largest absolute Gasteiger partial charge is 0.366 e. The zero-order valence-corrected chi connectivity index (χ0v) is 8.69. The Morgan fingerprint density at radius 3 is 2.67 bits per heavy atom. The summed E-state index contributed by atoms with van der Waals surface area (Å²) in [4.78, 5) is 10.6. The van der Waals surface area contributed by atoms with Crippen LogP contribution in [0.5, 0.6) is 0 Å². The van der Waals surface area contributed by atoms with Gasteiger partial charge in [-0.1, -0.05) is 11.6 Å². The number of halogens is 3. The molecule has 2 N–H and O–H groups in total. The van der Waals surface area contributed by atoms with Gasteiger partial charge in [-0.3, -0.25) is 4.79 Å². The third kappa shape index (κ3) is 1.87. The number of amides is 1. The fourth-order valence-corrected chi connectivity index (χ4v) is 1.30. The second-order valence-corrected chi connectivity index (χ2v) is 3.68. The molecule has 1 rings (SSSR count). The fourth-order valence-electron chi connectivity index (χ4n) is 0.711. The molecule has 0 fully saturated rings. The summed E-state index contributed by atoms with van der Waals surface area (Å²) in [7, 11) is 0. The second kappa shape index (κ2) is 3.57. The standard InChI is InChI=1S/C7H4ClFINO/c8-4-1-3(7(11)12)5(9)2-6(4)10/h1-2H,(H2,11,12). The molecule has 0 spiro atoms. The zero-order chi connectivity index (χ0) is 9.30. The van der Waals surface area contributed by atoms with E-state index in [9.17, 15) is 9.18 Å². The van der Waals surface area contributed by atoms with Crippen LogP contribution in [-0.4, -0.2) is 5.91 Å². The topological polar surface area (TPSA) is 43.1 Å². The van der Waals surface area contributed by atoms with Crippen molar-refractivity contribution in [3.05, 3.63) is 32.1 Å². The van der Waals surface area contributed by atoms with Gasteiger partial charge in [0.15, 0.2) is 0 Å². The van der Waals surface area contributed by atoms with Crippen molar-refractivity contribution in [2.24, 2.45) is 5.73 Å². The van der Waals surface area contributed by atoms with Gasteiger partial charge >= 0.3 is 0 Å². The van der Waals surface area contributed by atoms with Gasteiger partial charge in [-0.25, -0.2) is 4.39 Å². The Labute approximate surface area is 87.0 Å². The first kappa shape index (κ1) is 9.73. The van der Waals surface area contributed by atoms with E-state index in [0.717, 1.165) is 0 Å². The molecule has 1 aromatic rings. The van der Waals surface area contributed by atoms with E-state index in [-0.39, 0.29) is 5.56 Å². The predicted molar refractivity (Wildman–Crippen MR) is 52.6 cm³/mol. The average molecular weight is 299 g/mol. The molecule has 0 aliphatic rings. The molecule has 0 heterocycles. The van der Waals surface area contributed by atoms with E-state index in [2.05, 4.69) is 0 Å². The normalized spacial score (nSPS) is 9.92. The molecular weight excluding hydrogens is 295 g/mol. The molecule has 0 aliphatic heterocycles. The van der Waals surface area contributed by atoms with Crippen molar-refractivity contribution < 1.29 is 9.18 Å². The molecule has 5 heteroatoms. The summed E-state index contributed by atoms with van der Waals surface area (Å²) in [5.74, 6) is -1.46. The maximum absolute atomic E-state index is 12.9. The molecule has 0 unspecified atom stereocenters. The first-order valence-electron chi connectivity index (χ1n) is 2.96. The first-order valence-corrected chi connectivity index (χ1v) is 4.42. The molecule has 2 nitrogen and oxygen atoms in total. The Morgan fingerprint density at radius 1 is 1.58 bits per heavy atom. The molecule has 1 amide bonds. The van der Waals surface area contributed by atoms with Gasteiger partial charge in [0.25, 0.3) is 5.91 Å². The summed E-state index contributed by atoms with van der Waals surface area (Å²) in [6.45, 7) is 0. The average Bonchev–Trinajstić information content (AvgIpc) is 1.96. The summed E-state index contributed by atoms with van der Waals surface area (Å²) in [5.41, 5.74) is 4.71. The van der Waals surface area contributed by atoms with Gasteiger partial charge in [-0.2, -0.15) is 0 Å². The smallest absolute Gasteiger partial charge is 0.251 e. The van der Waals surface area contributed by atoms with Crippen LogP contribution in [0.2, 0.25) is 5.02 Å². The van der Waals surface area contributed by atoms with Crippen molar-refractivity contribution in [1.82, 2.24) is 0 Å². The third-order valence-corrected chi connectivity index (χ3v) is 2.80. The molecule has 0 saturated carbocycles. The molecule has 64 valence electrons. The zero-order valence-electron chi connectivity index (χ0n) is 5.77. The van der Waals surface area contributed by atoms with Crippen LogP contribution < -0.4 is 5.73 Å². The summed E-state index contributed by atoms with van der Waals surface area (Å²) in [6.07, 6.45) is 0. The molecule has 0 bridgehead atoms. The number of benzene rings is 1. The van der Waals surface area contributed by atoms with Crippen LogP contribution in [0.1, 0.15) is 10.4 Å². The van der Waals surface area contributed by atoms with Crippen LogP contribution in [0, 0.1) is 9.39 Å². The minimum Gasteiger partial charge on any atom is -0.366 e. The maximum Gasteiger partial charge on any atom is 0.251 e. The van der Waals surface area contributed by atoms with Crippen LogP contribution in [0.15, 0.2) is 12.1 Å². The van der Waals surface area contributed by atoms with E-state index >= 15 is 0 Å². The summed E-state index contributed by atoms with van der Waals surface area (Å²) < 4.78 is 13.5. The number of carbonyl (C=O) groups excluding carboxylic acids is 1. The van der Waals surface area contributed by atoms with Gasteiger partial charge in [0.05, 0.1) is 10.6 Å². The number of carbonyl (C=O) groups is 1. The maximum atomic E-state index is 12.9. The fraction of sp³-hybridized carbons (Fsp3) is 0. The Morgan fingerprint density at radius 2 is 2.17 bits per heavy atom. The molecule has 1 aromatic carbocycles. The van der Waals surface area contributed by atoms with E-state index in [0.29, 0.717) is 8.59 Å². The van der Waals surface area contributed by atoms with Crippen LogP contribution in [0.25, 0.3) is 0 Å². The van der Waals surface area contributed by atoms with E-state index in [1.165, 1.54) is 12.1 Å². The molecule has 0 aromatic heterocycles. The lowest BCUT2D eigenvalue weighted by Gasteiger charge is -2.00. The van der Waals surface area contributed by atoms with E-state index in [4.69, 9.17) is 17.3 Å². The number of primary amides is 1. The summed E-state index contributed by atoms with van der Waals surface area (Å²) in [6, 6.07) is 2.39. The highest BCUT2D eigenvalue weighted by Gasteiger charge is 2.10. The predicted octanol–water partition coefficient (Wildman–Crippen LogP) is 2.18.